The number of carboxylic acids is 1. The molecule has 0 spiro atoms. The fourth-order valence-corrected chi connectivity index (χ4v) is 1.31. The van der Waals surface area contributed by atoms with Crippen molar-refractivity contribution in [3.63, 3.8) is 0 Å². The number of nitrogens with zero attached hydrogens (tertiary/aromatic N) is 1. The number of aromatic nitrogens is 1. The lowest BCUT2D eigenvalue weighted by Crippen LogP contribution is -2.06. The minimum atomic E-state index is -1.08. The Morgan fingerprint density at radius 3 is 2.93 bits per heavy atom. The summed E-state index contributed by atoms with van der Waals surface area (Å²) in [6, 6.07) is 1.35. The lowest BCUT2D eigenvalue weighted by atomic mass is 10.2. The second-order valence-corrected chi connectivity index (χ2v) is 4.20. The van der Waals surface area contributed by atoms with Crippen molar-refractivity contribution in [2.45, 2.75) is 0 Å². The molecule has 4 nitrogen and oxygen atoms in total. The summed E-state index contributed by atoms with van der Waals surface area (Å²) in [6.45, 7) is 4.05. The number of hydrogen-bond acceptors (Lipinski definition) is 3. The van der Waals surface area contributed by atoms with E-state index in [1.54, 1.807) is 0 Å². The van der Waals surface area contributed by atoms with E-state index in [-0.39, 0.29) is 10.6 Å². The monoisotopic (exact) mass is 290 g/mol. The van der Waals surface area contributed by atoms with Gasteiger partial charge < -0.3 is 10.4 Å². The highest BCUT2D eigenvalue weighted by atomic mass is 79.9. The van der Waals surface area contributed by atoms with Crippen molar-refractivity contribution < 1.29 is 9.90 Å². The Balaban J connectivity index is 2.94. The maximum Gasteiger partial charge on any atom is 0.337 e. The molecule has 0 radical (unpaired) electrons. The van der Waals surface area contributed by atoms with E-state index in [0.717, 1.165) is 4.48 Å². The van der Waals surface area contributed by atoms with Gasteiger partial charge in [-0.25, -0.2) is 9.78 Å². The molecule has 0 saturated carbocycles. The van der Waals surface area contributed by atoms with Gasteiger partial charge in [0.15, 0.2) is 0 Å². The molecule has 0 bridgehead atoms. The third-order valence-electron chi connectivity index (χ3n) is 1.57. The second-order valence-electron chi connectivity index (χ2n) is 2.70. The van der Waals surface area contributed by atoms with Crippen molar-refractivity contribution in [3.8, 4) is 0 Å². The fraction of sp³-hybridized carbons (Fsp3) is 0.111. The van der Waals surface area contributed by atoms with E-state index < -0.39 is 5.97 Å². The summed E-state index contributed by atoms with van der Waals surface area (Å²) in [6.07, 6.45) is 1.38. The van der Waals surface area contributed by atoms with E-state index in [1.807, 2.05) is 0 Å². The van der Waals surface area contributed by atoms with Crippen molar-refractivity contribution in [3.05, 3.63) is 33.9 Å². The van der Waals surface area contributed by atoms with Crippen molar-refractivity contribution in [2.75, 3.05) is 11.9 Å². The molecule has 0 unspecified atom stereocenters. The van der Waals surface area contributed by atoms with Crippen molar-refractivity contribution >= 4 is 39.3 Å². The van der Waals surface area contributed by atoms with E-state index in [0.29, 0.717) is 12.4 Å². The number of halogens is 2. The highest BCUT2D eigenvalue weighted by molar-refractivity contribution is 9.11. The highest BCUT2D eigenvalue weighted by Crippen LogP contribution is 2.23. The Morgan fingerprint density at radius 2 is 2.40 bits per heavy atom. The third kappa shape index (κ3) is 3.21. The molecule has 0 fully saturated rings. The van der Waals surface area contributed by atoms with Crippen LogP contribution in [0.3, 0.4) is 0 Å². The number of carbonyl (C=O) groups is 1. The van der Waals surface area contributed by atoms with E-state index in [4.69, 9.17) is 16.7 Å². The smallest absolute Gasteiger partial charge is 0.337 e. The summed E-state index contributed by atoms with van der Waals surface area (Å²) in [5.74, 6) is -0.750. The van der Waals surface area contributed by atoms with Crippen LogP contribution < -0.4 is 5.32 Å². The molecular weight excluding hydrogens is 283 g/mol. The number of nitrogens with one attached hydrogen (secondary N) is 1. The number of carboxylic acid groups (broad SMARTS) is 1. The predicted molar refractivity (Wildman–Crippen MR) is 62.8 cm³/mol. The summed E-state index contributed by atoms with van der Waals surface area (Å²) >= 11 is 9.00. The zero-order valence-corrected chi connectivity index (χ0v) is 9.97. The first-order chi connectivity index (χ1) is 7.02. The van der Waals surface area contributed by atoms with E-state index in [9.17, 15) is 4.79 Å². The minimum Gasteiger partial charge on any atom is -0.478 e. The first-order valence-corrected chi connectivity index (χ1v) is 5.14. The Morgan fingerprint density at radius 1 is 1.73 bits per heavy atom. The fourth-order valence-electron chi connectivity index (χ4n) is 0.912. The predicted octanol–water partition coefficient (Wildman–Crippen LogP) is 2.75. The topological polar surface area (TPSA) is 62.2 Å². The van der Waals surface area contributed by atoms with E-state index in [2.05, 4.69) is 32.8 Å². The zero-order valence-electron chi connectivity index (χ0n) is 7.63. The molecule has 1 aromatic rings. The molecule has 1 aromatic heterocycles. The van der Waals surface area contributed by atoms with E-state index in [1.165, 1.54) is 12.3 Å². The van der Waals surface area contributed by atoms with Crippen LogP contribution in [0.25, 0.3) is 0 Å². The zero-order chi connectivity index (χ0) is 11.4. The summed E-state index contributed by atoms with van der Waals surface area (Å²) in [5.41, 5.74) is 0.0225. The van der Waals surface area contributed by atoms with Crippen LogP contribution in [0.5, 0.6) is 0 Å². The Hall–Kier alpha value is -1.07. The third-order valence-corrected chi connectivity index (χ3v) is 2.23. The number of aromatic carboxylic acids is 1. The Labute approximate surface area is 100 Å². The molecule has 0 saturated heterocycles. The molecule has 6 heteroatoms. The summed E-state index contributed by atoms with van der Waals surface area (Å²) in [4.78, 5) is 14.7. The molecular formula is C9H8BrClN2O2. The van der Waals surface area contributed by atoms with Crippen LogP contribution in [0.4, 0.5) is 5.82 Å². The molecule has 1 rings (SSSR count). The molecule has 1 heterocycles. The van der Waals surface area contributed by atoms with Crippen molar-refractivity contribution in [1.29, 1.82) is 0 Å². The standard InChI is InChI=1S/C9H8BrClN2O2/c1-5(10)4-13-8-7(11)6(9(14)15)2-3-12-8/h2-3H,1,4H2,(H,12,13)(H,14,15). The van der Waals surface area contributed by atoms with Gasteiger partial charge in [-0.3, -0.25) is 0 Å². The number of rotatable bonds is 4. The highest BCUT2D eigenvalue weighted by Gasteiger charge is 2.12. The number of hydrogen-bond donors (Lipinski definition) is 2. The van der Waals surface area contributed by atoms with Gasteiger partial charge in [-0.05, 0) is 6.07 Å². The number of anilines is 1. The van der Waals surface area contributed by atoms with Gasteiger partial charge in [0, 0.05) is 17.2 Å². The van der Waals surface area contributed by atoms with Crippen molar-refractivity contribution in [2.24, 2.45) is 0 Å². The maximum atomic E-state index is 10.7. The van der Waals surface area contributed by atoms with Gasteiger partial charge in [0.25, 0.3) is 0 Å². The molecule has 2 N–H and O–H groups in total. The van der Waals surface area contributed by atoms with Crippen LogP contribution in [0, 0.1) is 0 Å². The molecule has 0 aliphatic rings. The van der Waals surface area contributed by atoms with Gasteiger partial charge in [0.2, 0.25) is 0 Å². The first-order valence-electron chi connectivity index (χ1n) is 3.97. The molecule has 0 atom stereocenters. The van der Waals surface area contributed by atoms with Crippen LogP contribution >= 0.6 is 27.5 Å². The summed E-state index contributed by atoms with van der Waals surface area (Å²) < 4.78 is 0.723. The number of pyridine rings is 1. The second kappa shape index (κ2) is 5.14. The molecule has 80 valence electrons. The van der Waals surface area contributed by atoms with Crippen LogP contribution in [0.2, 0.25) is 5.02 Å². The quantitative estimate of drug-likeness (QED) is 0.895. The Bertz CT molecular complexity index is 409. The maximum absolute atomic E-state index is 10.7. The van der Waals surface area contributed by atoms with Crippen LogP contribution in [-0.2, 0) is 0 Å². The van der Waals surface area contributed by atoms with E-state index >= 15 is 0 Å². The van der Waals surface area contributed by atoms with Gasteiger partial charge in [-0.1, -0.05) is 34.1 Å². The summed E-state index contributed by atoms with van der Waals surface area (Å²) in [7, 11) is 0. The van der Waals surface area contributed by atoms with Crippen LogP contribution in [0.15, 0.2) is 23.3 Å². The molecule has 0 aromatic carbocycles. The molecule has 0 aliphatic heterocycles. The first kappa shape index (κ1) is 12.0. The van der Waals surface area contributed by atoms with Gasteiger partial charge in [0.05, 0.1) is 10.6 Å². The van der Waals surface area contributed by atoms with Crippen molar-refractivity contribution in [1.82, 2.24) is 4.98 Å². The van der Waals surface area contributed by atoms with Crippen LogP contribution in [0.1, 0.15) is 10.4 Å². The normalized spacial score (nSPS) is 9.73. The van der Waals surface area contributed by atoms with Gasteiger partial charge in [-0.15, -0.1) is 0 Å². The minimum absolute atomic E-state index is 0.0225. The Kier molecular flexibility index (Phi) is 4.11. The molecule has 0 amide bonds. The van der Waals surface area contributed by atoms with Gasteiger partial charge >= 0.3 is 5.97 Å². The average Bonchev–Trinajstić information content (AvgIpc) is 2.15. The lowest BCUT2D eigenvalue weighted by molar-refractivity contribution is 0.0697. The molecule has 0 aliphatic carbocycles. The lowest BCUT2D eigenvalue weighted by Gasteiger charge is -2.07. The average molecular weight is 292 g/mol. The summed E-state index contributed by atoms with van der Waals surface area (Å²) in [5, 5.41) is 11.8. The molecule has 15 heavy (non-hydrogen) atoms. The van der Waals surface area contributed by atoms with Gasteiger partial charge in [-0.2, -0.15) is 0 Å². The van der Waals surface area contributed by atoms with Gasteiger partial charge in [0.1, 0.15) is 5.82 Å². The SMILES string of the molecule is C=C(Br)CNc1nccc(C(=O)O)c1Cl. The largest absolute Gasteiger partial charge is 0.478 e. The van der Waals surface area contributed by atoms with Crippen LogP contribution in [-0.4, -0.2) is 22.6 Å².